The van der Waals surface area contributed by atoms with E-state index in [4.69, 9.17) is 5.53 Å². The van der Waals surface area contributed by atoms with Crippen LogP contribution in [-0.4, -0.2) is 55.0 Å². The molecule has 1 amide bonds. The SMILES string of the molecule is CC(=O)N1CCCN(CCN=[N+]=[N-])CC1. The standard InChI is InChI=1S/C9H17N5O/c1-9(15)14-5-2-4-13(7-8-14)6-3-11-12-10/h2-8H2,1H3. The molecule has 0 unspecified atom stereocenters. The van der Waals surface area contributed by atoms with Gasteiger partial charge in [-0.05, 0) is 18.5 Å². The number of carbonyl (C=O) groups excluding carboxylic acids is 1. The van der Waals surface area contributed by atoms with Crippen LogP contribution in [0.2, 0.25) is 0 Å². The highest BCUT2D eigenvalue weighted by molar-refractivity contribution is 5.73. The van der Waals surface area contributed by atoms with Gasteiger partial charge in [-0.25, -0.2) is 0 Å². The summed E-state index contributed by atoms with van der Waals surface area (Å²) in [6, 6.07) is 0. The summed E-state index contributed by atoms with van der Waals surface area (Å²) < 4.78 is 0. The van der Waals surface area contributed by atoms with Gasteiger partial charge in [-0.2, -0.15) is 0 Å². The number of azide groups is 1. The van der Waals surface area contributed by atoms with Crippen molar-refractivity contribution in [2.45, 2.75) is 13.3 Å². The summed E-state index contributed by atoms with van der Waals surface area (Å²) >= 11 is 0. The lowest BCUT2D eigenvalue weighted by Gasteiger charge is -2.20. The number of amides is 1. The van der Waals surface area contributed by atoms with E-state index in [2.05, 4.69) is 14.9 Å². The van der Waals surface area contributed by atoms with E-state index < -0.39 is 0 Å². The van der Waals surface area contributed by atoms with E-state index in [9.17, 15) is 4.79 Å². The van der Waals surface area contributed by atoms with Gasteiger partial charge in [-0.15, -0.1) is 0 Å². The Morgan fingerprint density at radius 2 is 2.20 bits per heavy atom. The molecule has 1 saturated heterocycles. The van der Waals surface area contributed by atoms with E-state index in [-0.39, 0.29) is 5.91 Å². The number of hydrogen-bond donors (Lipinski definition) is 0. The second kappa shape index (κ2) is 6.27. The molecule has 0 N–H and O–H groups in total. The zero-order valence-corrected chi connectivity index (χ0v) is 9.09. The van der Waals surface area contributed by atoms with Gasteiger partial charge in [0.25, 0.3) is 0 Å². The molecule has 1 aliphatic rings. The number of rotatable bonds is 3. The minimum atomic E-state index is 0.145. The van der Waals surface area contributed by atoms with Gasteiger partial charge >= 0.3 is 0 Å². The molecule has 0 aliphatic carbocycles. The van der Waals surface area contributed by atoms with Crippen LogP contribution < -0.4 is 0 Å². The Balaban J connectivity index is 2.32. The summed E-state index contributed by atoms with van der Waals surface area (Å²) in [6.45, 7) is 6.38. The topological polar surface area (TPSA) is 72.3 Å². The van der Waals surface area contributed by atoms with Crippen molar-refractivity contribution < 1.29 is 4.79 Å². The Morgan fingerprint density at radius 3 is 2.87 bits per heavy atom. The highest BCUT2D eigenvalue weighted by atomic mass is 16.2. The van der Waals surface area contributed by atoms with E-state index in [0.717, 1.165) is 39.1 Å². The third kappa shape index (κ3) is 4.18. The smallest absolute Gasteiger partial charge is 0.219 e. The van der Waals surface area contributed by atoms with E-state index in [1.54, 1.807) is 6.92 Å². The summed E-state index contributed by atoms with van der Waals surface area (Å²) in [5.41, 5.74) is 8.15. The highest BCUT2D eigenvalue weighted by Crippen LogP contribution is 2.02. The van der Waals surface area contributed by atoms with Crippen LogP contribution in [0.3, 0.4) is 0 Å². The van der Waals surface area contributed by atoms with Gasteiger partial charge in [0.1, 0.15) is 0 Å². The first kappa shape index (κ1) is 11.8. The molecule has 0 aromatic carbocycles. The molecule has 0 aromatic heterocycles. The van der Waals surface area contributed by atoms with Crippen LogP contribution in [0.1, 0.15) is 13.3 Å². The lowest BCUT2D eigenvalue weighted by atomic mass is 10.4. The van der Waals surface area contributed by atoms with Crippen LogP contribution in [0.4, 0.5) is 0 Å². The average molecular weight is 211 g/mol. The van der Waals surface area contributed by atoms with Crippen molar-refractivity contribution in [3.8, 4) is 0 Å². The van der Waals surface area contributed by atoms with Crippen molar-refractivity contribution in [3.05, 3.63) is 10.4 Å². The molecule has 6 heteroatoms. The van der Waals surface area contributed by atoms with Crippen LogP contribution in [0.15, 0.2) is 5.11 Å². The second-order valence-electron chi connectivity index (χ2n) is 3.66. The van der Waals surface area contributed by atoms with Crippen molar-refractivity contribution in [3.63, 3.8) is 0 Å². The van der Waals surface area contributed by atoms with Crippen molar-refractivity contribution in [1.82, 2.24) is 9.80 Å². The lowest BCUT2D eigenvalue weighted by Crippen LogP contribution is -2.34. The van der Waals surface area contributed by atoms with E-state index in [0.29, 0.717) is 6.54 Å². The fraction of sp³-hybridized carbons (Fsp3) is 0.889. The maximum atomic E-state index is 11.2. The van der Waals surface area contributed by atoms with E-state index >= 15 is 0 Å². The fourth-order valence-corrected chi connectivity index (χ4v) is 1.74. The number of hydrogen-bond acceptors (Lipinski definition) is 3. The Morgan fingerprint density at radius 1 is 1.40 bits per heavy atom. The van der Waals surface area contributed by atoms with Crippen LogP contribution >= 0.6 is 0 Å². The summed E-state index contributed by atoms with van der Waals surface area (Å²) in [7, 11) is 0. The molecule has 1 aliphatic heterocycles. The Kier molecular flexibility index (Phi) is 4.93. The molecule has 1 heterocycles. The molecule has 0 radical (unpaired) electrons. The molecule has 1 fully saturated rings. The Hall–Kier alpha value is -1.26. The fourth-order valence-electron chi connectivity index (χ4n) is 1.74. The largest absolute Gasteiger partial charge is 0.342 e. The molecule has 84 valence electrons. The third-order valence-electron chi connectivity index (χ3n) is 2.61. The molecule has 15 heavy (non-hydrogen) atoms. The van der Waals surface area contributed by atoms with Gasteiger partial charge < -0.3 is 9.80 Å². The monoisotopic (exact) mass is 211 g/mol. The lowest BCUT2D eigenvalue weighted by molar-refractivity contribution is -0.128. The number of carbonyl (C=O) groups is 1. The van der Waals surface area contributed by atoms with E-state index in [1.807, 2.05) is 4.90 Å². The van der Waals surface area contributed by atoms with Crippen LogP contribution in [-0.2, 0) is 4.79 Å². The molecule has 0 atom stereocenters. The van der Waals surface area contributed by atoms with Crippen LogP contribution in [0, 0.1) is 0 Å². The van der Waals surface area contributed by atoms with Crippen molar-refractivity contribution in [2.75, 3.05) is 39.3 Å². The minimum absolute atomic E-state index is 0.145. The molecular formula is C9H17N5O. The Bertz CT molecular complexity index is 261. The highest BCUT2D eigenvalue weighted by Gasteiger charge is 2.15. The predicted octanol–water partition coefficient (Wildman–Crippen LogP) is 0.851. The normalized spacial score (nSPS) is 18.1. The maximum absolute atomic E-state index is 11.2. The van der Waals surface area contributed by atoms with Gasteiger partial charge in [0.2, 0.25) is 5.91 Å². The number of nitrogens with zero attached hydrogens (tertiary/aromatic N) is 5. The quantitative estimate of drug-likeness (QED) is 0.394. The zero-order chi connectivity index (χ0) is 11.1. The predicted molar refractivity (Wildman–Crippen MR) is 57.3 cm³/mol. The molecule has 0 bridgehead atoms. The maximum Gasteiger partial charge on any atom is 0.219 e. The molecular weight excluding hydrogens is 194 g/mol. The van der Waals surface area contributed by atoms with E-state index in [1.165, 1.54) is 0 Å². The summed E-state index contributed by atoms with van der Waals surface area (Å²) in [4.78, 5) is 18.0. The van der Waals surface area contributed by atoms with Crippen LogP contribution in [0.25, 0.3) is 10.4 Å². The first-order chi connectivity index (χ1) is 7.24. The van der Waals surface area contributed by atoms with Gasteiger partial charge in [0.15, 0.2) is 0 Å². The molecule has 0 spiro atoms. The first-order valence-electron chi connectivity index (χ1n) is 5.23. The summed E-state index contributed by atoms with van der Waals surface area (Å²) in [5.74, 6) is 0.145. The molecule has 6 nitrogen and oxygen atoms in total. The van der Waals surface area contributed by atoms with Crippen molar-refractivity contribution in [2.24, 2.45) is 5.11 Å². The van der Waals surface area contributed by atoms with Crippen molar-refractivity contribution >= 4 is 5.91 Å². The van der Waals surface area contributed by atoms with Gasteiger partial charge in [-0.1, -0.05) is 5.11 Å². The second-order valence-corrected chi connectivity index (χ2v) is 3.66. The Labute approximate surface area is 89.5 Å². The average Bonchev–Trinajstić information content (AvgIpc) is 2.44. The molecule has 0 saturated carbocycles. The third-order valence-corrected chi connectivity index (χ3v) is 2.61. The van der Waals surface area contributed by atoms with Crippen LogP contribution in [0.5, 0.6) is 0 Å². The minimum Gasteiger partial charge on any atom is -0.342 e. The summed E-state index contributed by atoms with van der Waals surface area (Å²) in [6.07, 6.45) is 0.996. The van der Waals surface area contributed by atoms with Gasteiger partial charge in [0, 0.05) is 44.6 Å². The molecule has 0 aromatic rings. The van der Waals surface area contributed by atoms with Gasteiger partial charge in [0.05, 0.1) is 0 Å². The van der Waals surface area contributed by atoms with Crippen molar-refractivity contribution in [1.29, 1.82) is 0 Å². The molecule has 1 rings (SSSR count). The summed E-state index contributed by atoms with van der Waals surface area (Å²) in [5, 5.41) is 3.51. The van der Waals surface area contributed by atoms with Gasteiger partial charge in [-0.3, -0.25) is 4.79 Å². The first-order valence-corrected chi connectivity index (χ1v) is 5.23. The zero-order valence-electron chi connectivity index (χ0n) is 9.09.